The Balaban J connectivity index is 1.61. The first-order valence-corrected chi connectivity index (χ1v) is 7.49. The fourth-order valence-electron chi connectivity index (χ4n) is 4.18. The van der Waals surface area contributed by atoms with E-state index >= 15 is 0 Å². The van der Waals surface area contributed by atoms with Crippen molar-refractivity contribution in [2.24, 2.45) is 11.3 Å². The number of fused-ring (bicyclic) bond motifs is 3. The molecule has 0 radical (unpaired) electrons. The van der Waals surface area contributed by atoms with Crippen molar-refractivity contribution in [2.45, 2.75) is 83.0 Å². The van der Waals surface area contributed by atoms with Gasteiger partial charge in [0.2, 0.25) is 0 Å². The van der Waals surface area contributed by atoms with Crippen LogP contribution < -0.4 is 0 Å². The molecular weight excluding hydrogens is 212 g/mol. The Morgan fingerprint density at radius 1 is 1.06 bits per heavy atom. The molecule has 17 heavy (non-hydrogen) atoms. The quantitative estimate of drug-likeness (QED) is 0.800. The summed E-state index contributed by atoms with van der Waals surface area (Å²) >= 11 is 0. The molecule has 4 saturated carbocycles. The predicted molar refractivity (Wildman–Crippen MR) is 67.8 cm³/mol. The highest BCUT2D eigenvalue weighted by molar-refractivity contribution is 4.96. The molecule has 0 aliphatic heterocycles. The zero-order valence-corrected chi connectivity index (χ0v) is 11.0. The molecule has 0 amide bonds. The van der Waals surface area contributed by atoms with Crippen molar-refractivity contribution in [3.05, 3.63) is 0 Å². The summed E-state index contributed by atoms with van der Waals surface area (Å²) in [5.41, 5.74) is 0.442. The van der Waals surface area contributed by atoms with E-state index in [1.165, 1.54) is 32.1 Å². The second-order valence-electron chi connectivity index (χ2n) is 6.90. The molecule has 3 unspecified atom stereocenters. The average molecular weight is 238 g/mol. The first-order chi connectivity index (χ1) is 8.16. The van der Waals surface area contributed by atoms with E-state index < -0.39 is 0 Å². The molecule has 4 rings (SSSR count). The van der Waals surface area contributed by atoms with Gasteiger partial charge in [0.25, 0.3) is 0 Å². The summed E-state index contributed by atoms with van der Waals surface area (Å²) in [6.07, 6.45) is 11.7. The Bertz CT molecular complexity index is 268. The second-order valence-corrected chi connectivity index (χ2v) is 6.90. The number of hydrogen-bond donors (Lipinski definition) is 1. The molecule has 4 aliphatic carbocycles. The molecule has 98 valence electrons. The van der Waals surface area contributed by atoms with E-state index in [9.17, 15) is 5.11 Å². The largest absolute Gasteiger partial charge is 0.393 e. The highest BCUT2D eigenvalue weighted by Gasteiger charge is 2.46. The van der Waals surface area contributed by atoms with E-state index in [2.05, 4.69) is 6.92 Å². The molecule has 3 atom stereocenters. The molecule has 4 fully saturated rings. The Morgan fingerprint density at radius 3 is 2.47 bits per heavy atom. The van der Waals surface area contributed by atoms with Crippen molar-refractivity contribution >= 4 is 0 Å². The molecule has 0 aromatic rings. The number of aliphatic hydroxyl groups excluding tert-OH is 1. The van der Waals surface area contributed by atoms with Crippen LogP contribution in [0.3, 0.4) is 0 Å². The van der Waals surface area contributed by atoms with Crippen LogP contribution in [0.5, 0.6) is 0 Å². The lowest BCUT2D eigenvalue weighted by Crippen LogP contribution is -2.47. The Kier molecular flexibility index (Phi) is 3.20. The SMILES string of the molecule is CC12CCC(CC1)CC2OC1CCCC(O)C1. The summed E-state index contributed by atoms with van der Waals surface area (Å²) < 4.78 is 6.38. The molecule has 2 bridgehead atoms. The van der Waals surface area contributed by atoms with E-state index in [0.29, 0.717) is 17.6 Å². The molecule has 0 spiro atoms. The summed E-state index contributed by atoms with van der Waals surface area (Å²) in [5, 5.41) is 9.73. The van der Waals surface area contributed by atoms with Gasteiger partial charge in [-0.25, -0.2) is 0 Å². The van der Waals surface area contributed by atoms with Crippen LogP contribution in [0.4, 0.5) is 0 Å². The summed E-state index contributed by atoms with van der Waals surface area (Å²) in [5.74, 6) is 0.926. The maximum Gasteiger partial charge on any atom is 0.0635 e. The molecule has 2 heteroatoms. The Morgan fingerprint density at radius 2 is 1.82 bits per heavy atom. The third-order valence-electron chi connectivity index (χ3n) is 5.53. The molecular formula is C15H26O2. The van der Waals surface area contributed by atoms with E-state index in [-0.39, 0.29) is 6.10 Å². The summed E-state index contributed by atoms with van der Waals surface area (Å²) in [7, 11) is 0. The minimum atomic E-state index is -0.109. The molecule has 2 nitrogen and oxygen atoms in total. The van der Waals surface area contributed by atoms with Gasteiger partial charge in [0, 0.05) is 0 Å². The number of rotatable bonds is 2. The fourth-order valence-corrected chi connectivity index (χ4v) is 4.18. The molecule has 0 aromatic carbocycles. The van der Waals surface area contributed by atoms with Crippen molar-refractivity contribution in [1.29, 1.82) is 0 Å². The third-order valence-corrected chi connectivity index (χ3v) is 5.53. The van der Waals surface area contributed by atoms with Crippen molar-refractivity contribution in [1.82, 2.24) is 0 Å². The zero-order valence-electron chi connectivity index (χ0n) is 11.0. The monoisotopic (exact) mass is 238 g/mol. The number of aliphatic hydroxyl groups is 1. The van der Waals surface area contributed by atoms with Crippen molar-refractivity contribution < 1.29 is 9.84 Å². The van der Waals surface area contributed by atoms with Crippen LogP contribution in [-0.2, 0) is 4.74 Å². The molecule has 0 saturated heterocycles. The summed E-state index contributed by atoms with van der Waals surface area (Å²) in [4.78, 5) is 0. The van der Waals surface area contributed by atoms with Crippen molar-refractivity contribution in [3.8, 4) is 0 Å². The molecule has 0 heterocycles. The van der Waals surface area contributed by atoms with Gasteiger partial charge in [0.15, 0.2) is 0 Å². The fraction of sp³-hybridized carbons (Fsp3) is 1.00. The van der Waals surface area contributed by atoms with Gasteiger partial charge in [-0.15, -0.1) is 0 Å². The van der Waals surface area contributed by atoms with Crippen LogP contribution in [-0.4, -0.2) is 23.4 Å². The highest BCUT2D eigenvalue weighted by atomic mass is 16.5. The van der Waals surface area contributed by atoms with Crippen LogP contribution in [0, 0.1) is 11.3 Å². The van der Waals surface area contributed by atoms with Gasteiger partial charge in [-0.2, -0.15) is 0 Å². The highest BCUT2D eigenvalue weighted by Crippen LogP contribution is 2.51. The van der Waals surface area contributed by atoms with Gasteiger partial charge in [-0.1, -0.05) is 6.92 Å². The van der Waals surface area contributed by atoms with Crippen LogP contribution in [0.25, 0.3) is 0 Å². The maximum atomic E-state index is 9.73. The summed E-state index contributed by atoms with van der Waals surface area (Å²) in [6, 6.07) is 0. The van der Waals surface area contributed by atoms with Gasteiger partial charge in [0.1, 0.15) is 0 Å². The van der Waals surface area contributed by atoms with E-state index in [0.717, 1.165) is 31.6 Å². The van der Waals surface area contributed by atoms with Gasteiger partial charge in [-0.05, 0) is 69.1 Å². The van der Waals surface area contributed by atoms with E-state index in [1.54, 1.807) is 0 Å². The predicted octanol–water partition coefficient (Wildman–Crippen LogP) is 3.28. The Hall–Kier alpha value is -0.0800. The molecule has 4 aliphatic rings. The van der Waals surface area contributed by atoms with Crippen molar-refractivity contribution in [2.75, 3.05) is 0 Å². The van der Waals surface area contributed by atoms with Crippen LogP contribution >= 0.6 is 0 Å². The third kappa shape index (κ3) is 2.39. The van der Waals surface area contributed by atoms with Gasteiger partial charge in [-0.3, -0.25) is 0 Å². The summed E-state index contributed by atoms with van der Waals surface area (Å²) in [6.45, 7) is 2.42. The average Bonchev–Trinajstić information content (AvgIpc) is 2.31. The van der Waals surface area contributed by atoms with Gasteiger partial charge in [0.05, 0.1) is 18.3 Å². The van der Waals surface area contributed by atoms with Gasteiger partial charge < -0.3 is 9.84 Å². The van der Waals surface area contributed by atoms with Gasteiger partial charge >= 0.3 is 0 Å². The zero-order chi connectivity index (χ0) is 11.9. The van der Waals surface area contributed by atoms with E-state index in [1.807, 2.05) is 0 Å². The normalized spacial score (nSPS) is 50.5. The lowest BCUT2D eigenvalue weighted by atomic mass is 9.60. The topological polar surface area (TPSA) is 29.5 Å². The minimum Gasteiger partial charge on any atom is -0.393 e. The number of ether oxygens (including phenoxy) is 1. The Labute approximate surface area is 105 Å². The molecule has 1 N–H and O–H groups in total. The minimum absolute atomic E-state index is 0.109. The smallest absolute Gasteiger partial charge is 0.0635 e. The standard InChI is InChI=1S/C15H26O2/c1-15-7-5-11(6-8-15)9-14(15)17-13-4-2-3-12(16)10-13/h11-14,16H,2-10H2,1H3. The van der Waals surface area contributed by atoms with E-state index in [4.69, 9.17) is 4.74 Å². The van der Waals surface area contributed by atoms with Crippen LogP contribution in [0.2, 0.25) is 0 Å². The van der Waals surface area contributed by atoms with Crippen LogP contribution in [0.15, 0.2) is 0 Å². The van der Waals surface area contributed by atoms with Crippen molar-refractivity contribution in [3.63, 3.8) is 0 Å². The second kappa shape index (κ2) is 4.55. The maximum absolute atomic E-state index is 9.73. The lowest BCUT2D eigenvalue weighted by Gasteiger charge is -2.51. The first kappa shape index (κ1) is 12.0. The number of hydrogen-bond acceptors (Lipinski definition) is 2. The first-order valence-electron chi connectivity index (χ1n) is 7.49. The lowest BCUT2D eigenvalue weighted by molar-refractivity contribution is -0.149. The van der Waals surface area contributed by atoms with Crippen LogP contribution in [0.1, 0.15) is 64.7 Å². The molecule has 0 aromatic heterocycles.